The lowest BCUT2D eigenvalue weighted by molar-refractivity contribution is -0.121. The number of ether oxygens (including phenoxy) is 1. The van der Waals surface area contributed by atoms with E-state index in [0.717, 1.165) is 22.6 Å². The lowest BCUT2D eigenvalue weighted by Gasteiger charge is -2.15. The van der Waals surface area contributed by atoms with Crippen molar-refractivity contribution in [3.63, 3.8) is 0 Å². The first-order valence-corrected chi connectivity index (χ1v) is 11.4. The van der Waals surface area contributed by atoms with Crippen molar-refractivity contribution < 1.29 is 9.53 Å². The van der Waals surface area contributed by atoms with Crippen LogP contribution >= 0.6 is 27.5 Å². The first-order valence-electron chi connectivity index (χ1n) is 10.3. The first kappa shape index (κ1) is 25.4. The first-order chi connectivity index (χ1) is 16.2. The Morgan fingerprint density at radius 1 is 1.29 bits per heavy atom. The minimum atomic E-state index is -0.558. The average molecular weight is 545 g/mol. The number of nitriles is 1. The summed E-state index contributed by atoms with van der Waals surface area (Å²) >= 11 is 9.76. The topological polar surface area (TPSA) is 101 Å². The molecule has 2 aromatic heterocycles. The highest BCUT2D eigenvalue weighted by molar-refractivity contribution is 9.10. The van der Waals surface area contributed by atoms with Gasteiger partial charge in [0.25, 0.3) is 11.5 Å². The van der Waals surface area contributed by atoms with Crippen molar-refractivity contribution in [2.45, 2.75) is 33.9 Å². The fourth-order valence-corrected chi connectivity index (χ4v) is 4.47. The predicted octanol–water partition coefficient (Wildman–Crippen LogP) is 4.15. The van der Waals surface area contributed by atoms with Gasteiger partial charge in [-0.25, -0.2) is 5.43 Å². The lowest BCUT2D eigenvalue weighted by atomic mass is 10.1. The average Bonchev–Trinajstić information content (AvgIpc) is 3.08. The molecule has 8 nitrogen and oxygen atoms in total. The van der Waals surface area contributed by atoms with E-state index in [-0.39, 0.29) is 18.7 Å². The zero-order chi connectivity index (χ0) is 25.0. The van der Waals surface area contributed by atoms with Gasteiger partial charge < -0.3 is 13.9 Å². The van der Waals surface area contributed by atoms with Crippen molar-refractivity contribution in [2.75, 3.05) is 7.11 Å². The molecule has 1 aromatic carbocycles. The molecule has 0 radical (unpaired) electrons. The summed E-state index contributed by atoms with van der Waals surface area (Å²) in [5, 5.41) is 14.1. The van der Waals surface area contributed by atoms with Crippen molar-refractivity contribution in [1.29, 1.82) is 5.26 Å². The predicted molar refractivity (Wildman–Crippen MR) is 135 cm³/mol. The Kier molecular flexibility index (Phi) is 8.10. The number of amides is 1. The maximum absolute atomic E-state index is 12.8. The van der Waals surface area contributed by atoms with Crippen LogP contribution in [-0.2, 0) is 22.7 Å². The van der Waals surface area contributed by atoms with Gasteiger partial charge in [0.2, 0.25) is 0 Å². The number of para-hydroxylation sites is 1. The summed E-state index contributed by atoms with van der Waals surface area (Å²) < 4.78 is 8.89. The molecule has 1 N–H and O–H groups in total. The zero-order valence-electron chi connectivity index (χ0n) is 19.1. The fraction of sp³-hybridized carbons (Fsp3) is 0.250. The van der Waals surface area contributed by atoms with E-state index in [4.69, 9.17) is 16.3 Å². The summed E-state index contributed by atoms with van der Waals surface area (Å²) in [4.78, 5) is 25.3. The van der Waals surface area contributed by atoms with E-state index in [9.17, 15) is 14.9 Å². The number of nitrogens with zero attached hydrogens (tertiary/aromatic N) is 4. The number of halogens is 2. The quantitative estimate of drug-likeness (QED) is 0.357. The maximum Gasteiger partial charge on any atom is 0.269 e. The number of hydrogen-bond acceptors (Lipinski definition) is 5. The summed E-state index contributed by atoms with van der Waals surface area (Å²) in [6.07, 6.45) is 1.54. The Balaban J connectivity index is 1.81. The van der Waals surface area contributed by atoms with Crippen LogP contribution in [0.5, 0.6) is 0 Å². The SMILES string of the molecule is COCc1c(Br)c(C)n(CC(=O)N/N=C/c2cc(C)n(-c3ccccc3Cl)c2C)c(=O)c1C#N. The summed E-state index contributed by atoms with van der Waals surface area (Å²) in [6.45, 7) is 5.39. The summed E-state index contributed by atoms with van der Waals surface area (Å²) in [7, 11) is 1.48. The molecule has 3 rings (SSSR count). The maximum atomic E-state index is 12.8. The molecular weight excluding hydrogens is 522 g/mol. The number of hydrogen-bond donors (Lipinski definition) is 1. The van der Waals surface area contributed by atoms with E-state index in [1.54, 1.807) is 13.1 Å². The smallest absolute Gasteiger partial charge is 0.269 e. The van der Waals surface area contributed by atoms with Crippen LogP contribution in [0.15, 0.2) is 44.7 Å². The largest absolute Gasteiger partial charge is 0.380 e. The van der Waals surface area contributed by atoms with Crippen molar-refractivity contribution in [3.05, 3.63) is 84.0 Å². The van der Waals surface area contributed by atoms with Gasteiger partial charge in [-0.15, -0.1) is 0 Å². The van der Waals surface area contributed by atoms with Crippen LogP contribution in [0, 0.1) is 32.1 Å². The number of aromatic nitrogens is 2. The van der Waals surface area contributed by atoms with Crippen molar-refractivity contribution in [3.8, 4) is 11.8 Å². The van der Waals surface area contributed by atoms with Gasteiger partial charge in [-0.2, -0.15) is 10.4 Å². The van der Waals surface area contributed by atoms with Gasteiger partial charge in [0.15, 0.2) is 0 Å². The van der Waals surface area contributed by atoms with Crippen molar-refractivity contribution >= 4 is 39.7 Å². The Bertz CT molecular complexity index is 1380. The summed E-state index contributed by atoms with van der Waals surface area (Å²) in [5.41, 5.74) is 6.33. The number of rotatable bonds is 7. The van der Waals surface area contributed by atoms with Gasteiger partial charge >= 0.3 is 0 Å². The van der Waals surface area contributed by atoms with Crippen molar-refractivity contribution in [2.24, 2.45) is 5.10 Å². The van der Waals surface area contributed by atoms with Crippen LogP contribution in [0.2, 0.25) is 5.02 Å². The highest BCUT2D eigenvalue weighted by Gasteiger charge is 2.19. The van der Waals surface area contributed by atoms with Gasteiger partial charge in [-0.05, 0) is 54.9 Å². The Morgan fingerprint density at radius 2 is 2.00 bits per heavy atom. The van der Waals surface area contributed by atoms with E-state index in [1.807, 2.05) is 54.8 Å². The third-order valence-electron chi connectivity index (χ3n) is 5.41. The number of carbonyl (C=O) groups excluding carboxylic acids is 1. The fourth-order valence-electron chi connectivity index (χ4n) is 3.72. The van der Waals surface area contributed by atoms with E-state index < -0.39 is 11.5 Å². The number of aryl methyl sites for hydroxylation is 1. The van der Waals surface area contributed by atoms with Crippen LogP contribution < -0.4 is 11.0 Å². The molecule has 0 saturated heterocycles. The number of pyridine rings is 1. The molecule has 1 amide bonds. The Morgan fingerprint density at radius 3 is 2.65 bits per heavy atom. The van der Waals surface area contributed by atoms with E-state index in [0.29, 0.717) is 20.8 Å². The van der Waals surface area contributed by atoms with Crippen LogP contribution in [0.4, 0.5) is 0 Å². The van der Waals surface area contributed by atoms with Gasteiger partial charge in [0, 0.05) is 39.8 Å². The van der Waals surface area contributed by atoms with E-state index in [1.165, 1.54) is 11.7 Å². The Hall–Kier alpha value is -3.19. The summed E-state index contributed by atoms with van der Waals surface area (Å²) in [6, 6.07) is 11.4. The van der Waals surface area contributed by atoms with Crippen LogP contribution in [0.1, 0.15) is 33.8 Å². The van der Waals surface area contributed by atoms with Gasteiger partial charge in [-0.1, -0.05) is 23.7 Å². The molecule has 0 unspecified atom stereocenters. The second-order valence-corrected chi connectivity index (χ2v) is 8.80. The second-order valence-electron chi connectivity index (χ2n) is 7.60. The zero-order valence-corrected chi connectivity index (χ0v) is 21.5. The molecule has 0 atom stereocenters. The lowest BCUT2D eigenvalue weighted by Crippen LogP contribution is -2.33. The molecule has 0 fully saturated rings. The molecule has 0 aliphatic heterocycles. The highest BCUT2D eigenvalue weighted by atomic mass is 79.9. The monoisotopic (exact) mass is 543 g/mol. The molecular formula is C24H23BrClN5O3. The molecule has 0 bridgehead atoms. The van der Waals surface area contributed by atoms with Crippen molar-refractivity contribution in [1.82, 2.24) is 14.6 Å². The Labute approximate surface area is 210 Å². The van der Waals surface area contributed by atoms with E-state index >= 15 is 0 Å². The van der Waals surface area contributed by atoms with Gasteiger partial charge in [0.05, 0.1) is 23.5 Å². The number of hydrazone groups is 1. The minimum absolute atomic E-state index is 0.0670. The number of carbonyl (C=O) groups is 1. The number of benzene rings is 1. The standard InChI is InChI=1S/C24H23BrClN5O3/c1-14-9-17(15(2)31(14)21-8-6-5-7-20(21)26)11-28-29-22(32)12-30-16(3)23(25)19(13-34-4)18(10-27)24(30)33/h5-9,11H,12-13H2,1-4H3,(H,29,32)/b28-11+. The molecule has 34 heavy (non-hydrogen) atoms. The molecule has 2 heterocycles. The minimum Gasteiger partial charge on any atom is -0.380 e. The third kappa shape index (κ3) is 4.99. The molecule has 0 spiro atoms. The molecule has 3 aromatic rings. The van der Waals surface area contributed by atoms with E-state index in [2.05, 4.69) is 26.5 Å². The van der Waals surface area contributed by atoms with Crippen LogP contribution in [0.3, 0.4) is 0 Å². The second kappa shape index (κ2) is 10.8. The molecule has 0 aliphatic rings. The van der Waals surface area contributed by atoms with Gasteiger partial charge in [0.1, 0.15) is 18.2 Å². The van der Waals surface area contributed by atoms with Gasteiger partial charge in [-0.3, -0.25) is 9.59 Å². The molecule has 0 saturated carbocycles. The number of nitrogens with one attached hydrogen (secondary N) is 1. The number of methoxy groups -OCH3 is 1. The molecule has 10 heteroatoms. The van der Waals surface area contributed by atoms with Crippen LogP contribution in [0.25, 0.3) is 5.69 Å². The molecule has 176 valence electrons. The summed E-state index contributed by atoms with van der Waals surface area (Å²) in [5.74, 6) is -0.503. The highest BCUT2D eigenvalue weighted by Crippen LogP contribution is 2.26. The molecule has 0 aliphatic carbocycles. The normalized spacial score (nSPS) is 11.1. The third-order valence-corrected chi connectivity index (χ3v) is 6.78. The van der Waals surface area contributed by atoms with Crippen LogP contribution in [-0.4, -0.2) is 28.4 Å².